The SMILES string of the molecule is CC.CC(=O)C(C)(C)C(C)(C)n1cc(CNC(C)C)nn1. The molecule has 1 N–H and O–H groups in total. The normalized spacial score (nSPS) is 12.1. The standard InChI is InChI=1S/C14H26N4O.C2H6/c1-10(2)15-8-12-9-18(17-16-12)14(6,7)13(4,5)11(3)19;1-2/h9-10,15H,8H2,1-7H3;1-2H3. The van der Waals surface area contributed by atoms with Gasteiger partial charge in [-0.3, -0.25) is 4.79 Å². The van der Waals surface area contributed by atoms with Crippen molar-refractivity contribution in [1.29, 1.82) is 0 Å². The molecule has 0 saturated heterocycles. The molecule has 0 saturated carbocycles. The van der Waals surface area contributed by atoms with Gasteiger partial charge in [0.2, 0.25) is 0 Å². The number of nitrogens with one attached hydrogen (secondary N) is 1. The number of ketones is 1. The van der Waals surface area contributed by atoms with Crippen LogP contribution in [-0.2, 0) is 16.9 Å². The summed E-state index contributed by atoms with van der Waals surface area (Å²) in [5.41, 5.74) is -0.0214. The second-order valence-electron chi connectivity index (χ2n) is 6.43. The third-order valence-corrected chi connectivity index (χ3v) is 4.21. The summed E-state index contributed by atoms with van der Waals surface area (Å²) in [5, 5.41) is 11.7. The largest absolute Gasteiger partial charge is 0.309 e. The van der Waals surface area contributed by atoms with Crippen molar-refractivity contribution in [3.05, 3.63) is 11.9 Å². The van der Waals surface area contributed by atoms with Gasteiger partial charge in [-0.2, -0.15) is 0 Å². The predicted octanol–water partition coefficient (Wildman–Crippen LogP) is 3.15. The second kappa shape index (κ2) is 7.69. The Bertz CT molecular complexity index is 447. The Labute approximate surface area is 129 Å². The van der Waals surface area contributed by atoms with E-state index in [1.165, 1.54) is 0 Å². The minimum Gasteiger partial charge on any atom is -0.309 e. The highest BCUT2D eigenvalue weighted by Crippen LogP contribution is 2.37. The first-order valence-corrected chi connectivity index (χ1v) is 7.75. The zero-order chi connectivity index (χ0) is 16.8. The lowest BCUT2D eigenvalue weighted by Gasteiger charge is -2.39. The third-order valence-electron chi connectivity index (χ3n) is 4.21. The summed E-state index contributed by atoms with van der Waals surface area (Å²) in [6.45, 7) is 18.4. The van der Waals surface area contributed by atoms with Crippen molar-refractivity contribution < 1.29 is 4.79 Å². The molecule has 1 aromatic heterocycles. The van der Waals surface area contributed by atoms with Gasteiger partial charge in [0, 0.05) is 18.0 Å². The molecule has 0 aliphatic rings. The van der Waals surface area contributed by atoms with Gasteiger partial charge in [0.1, 0.15) is 5.78 Å². The lowest BCUT2D eigenvalue weighted by Crippen LogP contribution is -2.46. The molecule has 0 atom stereocenters. The van der Waals surface area contributed by atoms with E-state index in [1.807, 2.05) is 47.7 Å². The van der Waals surface area contributed by atoms with Gasteiger partial charge in [-0.05, 0) is 20.8 Å². The van der Waals surface area contributed by atoms with Gasteiger partial charge in [-0.1, -0.05) is 46.8 Å². The van der Waals surface area contributed by atoms with Gasteiger partial charge in [0.05, 0.1) is 17.4 Å². The smallest absolute Gasteiger partial charge is 0.137 e. The molecule has 0 bridgehead atoms. The van der Waals surface area contributed by atoms with Gasteiger partial charge >= 0.3 is 0 Å². The van der Waals surface area contributed by atoms with Crippen molar-refractivity contribution in [2.45, 2.75) is 80.4 Å². The Kier molecular flexibility index (Phi) is 7.24. The predicted molar refractivity (Wildman–Crippen MR) is 87.1 cm³/mol. The van der Waals surface area contributed by atoms with Crippen LogP contribution in [0.3, 0.4) is 0 Å². The fourth-order valence-corrected chi connectivity index (χ4v) is 1.68. The summed E-state index contributed by atoms with van der Waals surface area (Å²) >= 11 is 0. The molecular weight excluding hydrogens is 264 g/mol. The Morgan fingerprint density at radius 3 is 2.24 bits per heavy atom. The zero-order valence-electron chi connectivity index (χ0n) is 15.1. The van der Waals surface area contributed by atoms with Crippen LogP contribution in [0.15, 0.2) is 6.20 Å². The molecule has 1 aromatic rings. The number of aromatic nitrogens is 3. The molecule has 0 spiro atoms. The Morgan fingerprint density at radius 1 is 1.29 bits per heavy atom. The summed E-state index contributed by atoms with van der Waals surface area (Å²) in [4.78, 5) is 11.8. The molecule has 0 radical (unpaired) electrons. The van der Waals surface area contributed by atoms with Gasteiger partial charge in [0.15, 0.2) is 0 Å². The topological polar surface area (TPSA) is 59.8 Å². The number of carbonyl (C=O) groups is 1. The van der Waals surface area contributed by atoms with Gasteiger partial charge in [0.25, 0.3) is 0 Å². The molecule has 122 valence electrons. The molecule has 5 nitrogen and oxygen atoms in total. The average Bonchev–Trinajstić information content (AvgIpc) is 2.87. The average molecular weight is 296 g/mol. The summed E-state index contributed by atoms with van der Waals surface area (Å²) in [6, 6.07) is 0.409. The number of nitrogens with zero attached hydrogens (tertiary/aromatic N) is 3. The van der Waals surface area contributed by atoms with Crippen molar-refractivity contribution in [3.63, 3.8) is 0 Å². The van der Waals surface area contributed by atoms with Gasteiger partial charge < -0.3 is 5.32 Å². The lowest BCUT2D eigenvalue weighted by molar-refractivity contribution is -0.130. The molecule has 1 heterocycles. The van der Waals surface area contributed by atoms with Crippen LogP contribution < -0.4 is 5.32 Å². The van der Waals surface area contributed by atoms with Crippen LogP contribution in [-0.4, -0.2) is 26.8 Å². The van der Waals surface area contributed by atoms with Crippen molar-refractivity contribution in [2.75, 3.05) is 0 Å². The van der Waals surface area contributed by atoms with E-state index in [9.17, 15) is 4.79 Å². The van der Waals surface area contributed by atoms with Crippen molar-refractivity contribution >= 4 is 5.78 Å². The molecule has 0 aliphatic carbocycles. The Hall–Kier alpha value is -1.23. The fraction of sp³-hybridized carbons (Fsp3) is 0.812. The van der Waals surface area contributed by atoms with Crippen molar-refractivity contribution in [2.24, 2.45) is 5.41 Å². The van der Waals surface area contributed by atoms with Crippen LogP contribution in [0.25, 0.3) is 0 Å². The molecule has 21 heavy (non-hydrogen) atoms. The van der Waals surface area contributed by atoms with Crippen LogP contribution in [0.2, 0.25) is 0 Å². The van der Waals surface area contributed by atoms with Crippen molar-refractivity contribution in [3.8, 4) is 0 Å². The molecule has 0 amide bonds. The second-order valence-corrected chi connectivity index (χ2v) is 6.43. The first kappa shape index (κ1) is 19.8. The number of hydrogen-bond donors (Lipinski definition) is 1. The highest BCUT2D eigenvalue weighted by molar-refractivity contribution is 5.82. The number of rotatable bonds is 6. The number of hydrogen-bond acceptors (Lipinski definition) is 4. The third kappa shape index (κ3) is 4.63. The van der Waals surface area contributed by atoms with Crippen molar-refractivity contribution in [1.82, 2.24) is 20.3 Å². The van der Waals surface area contributed by atoms with E-state index in [1.54, 1.807) is 11.6 Å². The quantitative estimate of drug-likeness (QED) is 0.876. The minimum atomic E-state index is -0.497. The Morgan fingerprint density at radius 2 is 1.81 bits per heavy atom. The van der Waals surface area contributed by atoms with Gasteiger partial charge in [-0.25, -0.2) is 4.68 Å². The molecule has 5 heteroatoms. The van der Waals surface area contributed by atoms with E-state index in [-0.39, 0.29) is 5.78 Å². The lowest BCUT2D eigenvalue weighted by atomic mass is 9.72. The van der Waals surface area contributed by atoms with E-state index in [2.05, 4.69) is 29.5 Å². The number of carbonyl (C=O) groups excluding carboxylic acids is 1. The van der Waals surface area contributed by atoms with Gasteiger partial charge in [-0.15, -0.1) is 5.10 Å². The maximum absolute atomic E-state index is 11.8. The van der Waals surface area contributed by atoms with Crippen LogP contribution in [0, 0.1) is 5.41 Å². The fourth-order valence-electron chi connectivity index (χ4n) is 1.68. The van der Waals surface area contributed by atoms with E-state index >= 15 is 0 Å². The molecule has 0 aromatic carbocycles. The summed E-state index contributed by atoms with van der Waals surface area (Å²) in [7, 11) is 0. The van der Waals surface area contributed by atoms with E-state index in [4.69, 9.17) is 0 Å². The molecule has 0 aliphatic heterocycles. The molecular formula is C16H32N4O. The summed E-state index contributed by atoms with van der Waals surface area (Å²) in [6.07, 6.45) is 1.92. The maximum Gasteiger partial charge on any atom is 0.137 e. The zero-order valence-corrected chi connectivity index (χ0v) is 15.1. The van der Waals surface area contributed by atoms with Crippen LogP contribution in [0.1, 0.15) is 68.0 Å². The van der Waals surface area contributed by atoms with E-state index < -0.39 is 11.0 Å². The first-order valence-electron chi connectivity index (χ1n) is 7.75. The van der Waals surface area contributed by atoms with Crippen LogP contribution in [0.5, 0.6) is 0 Å². The highest BCUT2D eigenvalue weighted by Gasteiger charge is 2.43. The first-order chi connectivity index (χ1) is 9.59. The van der Waals surface area contributed by atoms with Crippen LogP contribution >= 0.6 is 0 Å². The Balaban J connectivity index is 0.00000191. The van der Waals surface area contributed by atoms with E-state index in [0.717, 1.165) is 5.69 Å². The maximum atomic E-state index is 11.8. The number of Topliss-reactive ketones (excluding diaryl/α,β-unsaturated/α-hetero) is 1. The molecule has 0 unspecified atom stereocenters. The molecule has 0 fully saturated rings. The summed E-state index contributed by atoms with van der Waals surface area (Å²) in [5.74, 6) is 0.148. The minimum absolute atomic E-state index is 0.148. The monoisotopic (exact) mass is 296 g/mol. The van der Waals surface area contributed by atoms with E-state index in [0.29, 0.717) is 12.6 Å². The van der Waals surface area contributed by atoms with Crippen LogP contribution in [0.4, 0.5) is 0 Å². The summed E-state index contributed by atoms with van der Waals surface area (Å²) < 4.78 is 1.80. The highest BCUT2D eigenvalue weighted by atomic mass is 16.1. The molecule has 1 rings (SSSR count).